The van der Waals surface area contributed by atoms with Gasteiger partial charge >= 0.3 is 0 Å². The van der Waals surface area contributed by atoms with Crippen LogP contribution in [0.5, 0.6) is 17.2 Å². The fourth-order valence-electron chi connectivity index (χ4n) is 2.33. The van der Waals surface area contributed by atoms with Crippen molar-refractivity contribution < 1.29 is 14.2 Å². The van der Waals surface area contributed by atoms with Gasteiger partial charge in [-0.05, 0) is 47.9 Å². The summed E-state index contributed by atoms with van der Waals surface area (Å²) in [4.78, 5) is 0. The molecule has 0 heterocycles. The van der Waals surface area contributed by atoms with Crippen LogP contribution in [0, 0.1) is 6.92 Å². The monoisotopic (exact) mass is 299 g/mol. The molecule has 4 heteroatoms. The lowest BCUT2D eigenvalue weighted by molar-refractivity contribution is 0.353. The van der Waals surface area contributed by atoms with Crippen molar-refractivity contribution >= 4 is 17.8 Å². The van der Waals surface area contributed by atoms with Crippen LogP contribution in [0.3, 0.4) is 0 Å². The fourth-order valence-corrected chi connectivity index (χ4v) is 2.33. The number of hydrogen-bond acceptors (Lipinski definition) is 4. The minimum atomic E-state index is 0.619. The van der Waals surface area contributed by atoms with E-state index in [1.165, 1.54) is 0 Å². The maximum atomic E-state index is 5.91. The molecule has 22 heavy (non-hydrogen) atoms. The van der Waals surface area contributed by atoms with E-state index in [4.69, 9.17) is 19.9 Å². The molecule has 2 aromatic rings. The van der Waals surface area contributed by atoms with Crippen LogP contribution < -0.4 is 19.9 Å². The minimum Gasteiger partial charge on any atom is -0.495 e. The van der Waals surface area contributed by atoms with Gasteiger partial charge in [0.1, 0.15) is 5.75 Å². The molecule has 2 N–H and O–H groups in total. The number of benzene rings is 2. The van der Waals surface area contributed by atoms with Crippen molar-refractivity contribution in [3.63, 3.8) is 0 Å². The molecule has 0 fully saturated rings. The Morgan fingerprint density at radius 3 is 2.09 bits per heavy atom. The summed E-state index contributed by atoms with van der Waals surface area (Å²) in [5.74, 6) is 2.16. The van der Waals surface area contributed by atoms with Gasteiger partial charge in [0.05, 0.1) is 27.0 Å². The molecule has 4 nitrogen and oxygen atoms in total. The topological polar surface area (TPSA) is 53.7 Å². The maximum Gasteiger partial charge on any atom is 0.163 e. The first-order valence-electron chi connectivity index (χ1n) is 6.93. The molecule has 0 saturated heterocycles. The summed E-state index contributed by atoms with van der Waals surface area (Å²) in [6, 6.07) is 9.68. The summed E-state index contributed by atoms with van der Waals surface area (Å²) in [7, 11) is 4.88. The first-order valence-corrected chi connectivity index (χ1v) is 6.93. The highest BCUT2D eigenvalue weighted by atomic mass is 16.5. The van der Waals surface area contributed by atoms with E-state index in [-0.39, 0.29) is 0 Å². The molecule has 0 aromatic heterocycles. The third-order valence-corrected chi connectivity index (χ3v) is 3.41. The van der Waals surface area contributed by atoms with Crippen molar-refractivity contribution in [1.82, 2.24) is 0 Å². The van der Waals surface area contributed by atoms with Gasteiger partial charge in [-0.1, -0.05) is 18.2 Å². The molecule has 2 aromatic carbocycles. The fraction of sp³-hybridized carbons (Fsp3) is 0.222. The largest absolute Gasteiger partial charge is 0.495 e. The quantitative estimate of drug-likeness (QED) is 0.674. The SMILES string of the molecule is COc1ccc(/C=C/c2cc(C)c(OC)c(OC)c2)cc1N. The summed E-state index contributed by atoms with van der Waals surface area (Å²) in [6.07, 6.45) is 4.01. The summed E-state index contributed by atoms with van der Waals surface area (Å²) in [5, 5.41) is 0. The second kappa shape index (κ2) is 6.89. The van der Waals surface area contributed by atoms with Gasteiger partial charge < -0.3 is 19.9 Å². The Kier molecular flexibility index (Phi) is 4.94. The molecule has 0 amide bonds. The molecule has 2 rings (SSSR count). The number of ether oxygens (including phenoxy) is 3. The molecule has 0 aliphatic rings. The van der Waals surface area contributed by atoms with E-state index in [1.54, 1.807) is 21.3 Å². The Morgan fingerprint density at radius 1 is 0.818 bits per heavy atom. The van der Waals surface area contributed by atoms with E-state index in [0.717, 1.165) is 28.2 Å². The lowest BCUT2D eigenvalue weighted by atomic mass is 10.1. The molecule has 0 atom stereocenters. The third kappa shape index (κ3) is 3.34. The molecule has 0 spiro atoms. The summed E-state index contributed by atoms with van der Waals surface area (Å²) >= 11 is 0. The van der Waals surface area contributed by atoms with Gasteiger partial charge in [-0.15, -0.1) is 0 Å². The third-order valence-electron chi connectivity index (χ3n) is 3.41. The highest BCUT2D eigenvalue weighted by Crippen LogP contribution is 2.32. The van der Waals surface area contributed by atoms with Gasteiger partial charge in [-0.2, -0.15) is 0 Å². The molecular formula is C18H21NO3. The first kappa shape index (κ1) is 15.8. The van der Waals surface area contributed by atoms with E-state index in [0.29, 0.717) is 11.4 Å². The molecule has 0 aliphatic carbocycles. The second-order valence-corrected chi connectivity index (χ2v) is 4.91. The van der Waals surface area contributed by atoms with E-state index in [2.05, 4.69) is 0 Å². The zero-order valence-electron chi connectivity index (χ0n) is 13.3. The second-order valence-electron chi connectivity index (χ2n) is 4.91. The van der Waals surface area contributed by atoms with Crippen molar-refractivity contribution in [3.05, 3.63) is 47.0 Å². The molecular weight excluding hydrogens is 278 g/mol. The van der Waals surface area contributed by atoms with Crippen molar-refractivity contribution in [2.45, 2.75) is 6.92 Å². The van der Waals surface area contributed by atoms with Gasteiger partial charge in [0, 0.05) is 0 Å². The van der Waals surface area contributed by atoms with Crippen LogP contribution in [0.4, 0.5) is 5.69 Å². The standard InChI is InChI=1S/C18H21NO3/c1-12-9-14(11-17(21-3)18(12)22-4)6-5-13-7-8-16(20-2)15(19)10-13/h5-11H,19H2,1-4H3/b6-5+. The highest BCUT2D eigenvalue weighted by Gasteiger charge is 2.08. The lowest BCUT2D eigenvalue weighted by Gasteiger charge is -2.11. The van der Waals surface area contributed by atoms with Gasteiger partial charge in [0.25, 0.3) is 0 Å². The smallest absolute Gasteiger partial charge is 0.163 e. The van der Waals surface area contributed by atoms with Gasteiger partial charge in [-0.3, -0.25) is 0 Å². The molecule has 0 unspecified atom stereocenters. The number of nitrogen functional groups attached to an aromatic ring is 1. The van der Waals surface area contributed by atoms with Crippen LogP contribution in [-0.4, -0.2) is 21.3 Å². The Hall–Kier alpha value is -2.62. The van der Waals surface area contributed by atoms with E-state index in [1.807, 2.05) is 49.4 Å². The molecule has 0 bridgehead atoms. The van der Waals surface area contributed by atoms with Crippen molar-refractivity contribution in [2.75, 3.05) is 27.1 Å². The normalized spacial score (nSPS) is 10.7. The van der Waals surface area contributed by atoms with Crippen LogP contribution in [0.25, 0.3) is 12.2 Å². The zero-order valence-corrected chi connectivity index (χ0v) is 13.3. The molecule has 0 radical (unpaired) electrons. The lowest BCUT2D eigenvalue weighted by Crippen LogP contribution is -1.94. The Labute approximate surface area is 131 Å². The zero-order chi connectivity index (χ0) is 16.1. The summed E-state index contributed by atoms with van der Waals surface area (Å²) in [6.45, 7) is 1.99. The Morgan fingerprint density at radius 2 is 1.50 bits per heavy atom. The molecule has 116 valence electrons. The minimum absolute atomic E-state index is 0.619. The number of methoxy groups -OCH3 is 3. The Balaban J connectivity index is 2.30. The van der Waals surface area contributed by atoms with Crippen LogP contribution in [-0.2, 0) is 0 Å². The average molecular weight is 299 g/mol. The number of nitrogens with two attached hydrogens (primary N) is 1. The highest BCUT2D eigenvalue weighted by molar-refractivity contribution is 5.74. The first-order chi connectivity index (χ1) is 10.6. The molecule has 0 saturated carbocycles. The van der Waals surface area contributed by atoms with Crippen LogP contribution in [0.2, 0.25) is 0 Å². The average Bonchev–Trinajstić information content (AvgIpc) is 2.52. The van der Waals surface area contributed by atoms with Gasteiger partial charge in [0.2, 0.25) is 0 Å². The van der Waals surface area contributed by atoms with Gasteiger partial charge in [-0.25, -0.2) is 0 Å². The molecule has 0 aliphatic heterocycles. The summed E-state index contributed by atoms with van der Waals surface area (Å²) in [5.41, 5.74) is 9.59. The number of anilines is 1. The van der Waals surface area contributed by atoms with Crippen molar-refractivity contribution in [3.8, 4) is 17.2 Å². The summed E-state index contributed by atoms with van der Waals surface area (Å²) < 4.78 is 15.9. The van der Waals surface area contributed by atoms with Crippen LogP contribution in [0.1, 0.15) is 16.7 Å². The van der Waals surface area contributed by atoms with E-state index >= 15 is 0 Å². The van der Waals surface area contributed by atoms with Crippen LogP contribution >= 0.6 is 0 Å². The number of aryl methyl sites for hydroxylation is 1. The van der Waals surface area contributed by atoms with E-state index < -0.39 is 0 Å². The van der Waals surface area contributed by atoms with Crippen LogP contribution in [0.15, 0.2) is 30.3 Å². The van der Waals surface area contributed by atoms with Gasteiger partial charge in [0.15, 0.2) is 11.5 Å². The van der Waals surface area contributed by atoms with E-state index in [9.17, 15) is 0 Å². The predicted octanol–water partition coefficient (Wildman–Crippen LogP) is 3.77. The Bertz CT molecular complexity index is 693. The predicted molar refractivity (Wildman–Crippen MR) is 90.6 cm³/mol. The number of rotatable bonds is 5. The maximum absolute atomic E-state index is 5.91. The number of hydrogen-bond donors (Lipinski definition) is 1. The van der Waals surface area contributed by atoms with Crippen molar-refractivity contribution in [2.24, 2.45) is 0 Å². The van der Waals surface area contributed by atoms with Crippen molar-refractivity contribution in [1.29, 1.82) is 0 Å².